The summed E-state index contributed by atoms with van der Waals surface area (Å²) in [4.78, 5) is 35.8. The van der Waals surface area contributed by atoms with Crippen LogP contribution < -0.4 is 5.43 Å². The Morgan fingerprint density at radius 1 is 1.11 bits per heavy atom. The molecule has 1 aromatic heterocycles. The highest BCUT2D eigenvalue weighted by Gasteiger charge is 2.19. The number of hydrogen-bond donors (Lipinski definition) is 1. The monoisotopic (exact) mass is 506 g/mol. The van der Waals surface area contributed by atoms with Gasteiger partial charge in [-0.1, -0.05) is 35.6 Å². The molecule has 0 bridgehead atoms. The molecule has 36 heavy (non-hydrogen) atoms. The number of H-pyrrole nitrogens is 1. The number of benzene rings is 2. The fourth-order valence-corrected chi connectivity index (χ4v) is 4.32. The van der Waals surface area contributed by atoms with E-state index in [2.05, 4.69) is 21.7 Å². The molecule has 188 valence electrons. The van der Waals surface area contributed by atoms with Crippen molar-refractivity contribution in [3.8, 4) is 11.8 Å². The first-order chi connectivity index (χ1) is 17.3. The number of halogens is 1. The minimum atomic E-state index is -0.341. The van der Waals surface area contributed by atoms with Crippen LogP contribution in [0.4, 0.5) is 0 Å². The van der Waals surface area contributed by atoms with Gasteiger partial charge in [-0.15, -0.1) is 0 Å². The van der Waals surface area contributed by atoms with Gasteiger partial charge < -0.3 is 14.6 Å². The van der Waals surface area contributed by atoms with E-state index in [1.54, 1.807) is 19.2 Å². The van der Waals surface area contributed by atoms with Crippen LogP contribution in [0.5, 0.6) is 0 Å². The molecule has 7 nitrogen and oxygen atoms in total. The molecule has 2 heterocycles. The van der Waals surface area contributed by atoms with Crippen LogP contribution in [0.2, 0.25) is 5.02 Å². The van der Waals surface area contributed by atoms with E-state index in [0.717, 1.165) is 29.8 Å². The van der Waals surface area contributed by atoms with Gasteiger partial charge in [-0.05, 0) is 49.5 Å². The average molecular weight is 507 g/mol. The van der Waals surface area contributed by atoms with Gasteiger partial charge in [0.15, 0.2) is 0 Å². The number of amides is 1. The summed E-state index contributed by atoms with van der Waals surface area (Å²) in [5, 5.41) is 1.11. The lowest BCUT2D eigenvalue weighted by molar-refractivity contribution is 0.0342. The molecule has 1 N–H and O–H groups in total. The fourth-order valence-electron chi connectivity index (χ4n) is 4.19. The molecule has 0 unspecified atom stereocenters. The van der Waals surface area contributed by atoms with Gasteiger partial charge in [0.05, 0.1) is 25.3 Å². The third-order valence-electron chi connectivity index (χ3n) is 6.09. The van der Waals surface area contributed by atoms with Gasteiger partial charge in [0, 0.05) is 55.4 Å². The minimum absolute atomic E-state index is 0.106. The lowest BCUT2D eigenvalue weighted by Gasteiger charge is -2.26. The number of hydrogen-bond acceptors (Lipinski definition) is 5. The SMILES string of the molecule is CN(C)CC#Cc1cc(CN2CCOCC2)cc2c(=O)c(C(=O)N(C)Cc3ccc(Cl)cc3)c[nH]c12. The van der Waals surface area contributed by atoms with Crippen molar-refractivity contribution >= 4 is 28.4 Å². The van der Waals surface area contributed by atoms with E-state index in [-0.39, 0.29) is 16.9 Å². The summed E-state index contributed by atoms with van der Waals surface area (Å²) >= 11 is 5.97. The molecule has 1 amide bonds. The normalized spacial score (nSPS) is 14.0. The number of rotatable bonds is 6. The van der Waals surface area contributed by atoms with Gasteiger partial charge in [-0.2, -0.15) is 0 Å². The van der Waals surface area contributed by atoms with Gasteiger partial charge in [0.2, 0.25) is 5.43 Å². The van der Waals surface area contributed by atoms with E-state index in [9.17, 15) is 9.59 Å². The van der Waals surface area contributed by atoms with Crippen molar-refractivity contribution in [2.45, 2.75) is 13.1 Å². The van der Waals surface area contributed by atoms with Crippen molar-refractivity contribution in [3.05, 3.63) is 80.1 Å². The second-order valence-electron chi connectivity index (χ2n) is 9.31. The number of aromatic nitrogens is 1. The summed E-state index contributed by atoms with van der Waals surface area (Å²) in [5.74, 6) is 6.05. The molecule has 1 fully saturated rings. The fraction of sp³-hybridized carbons (Fsp3) is 0.357. The van der Waals surface area contributed by atoms with Crippen LogP contribution in [-0.2, 0) is 17.8 Å². The number of fused-ring (bicyclic) bond motifs is 1. The predicted molar refractivity (Wildman–Crippen MR) is 143 cm³/mol. The third kappa shape index (κ3) is 6.34. The maximum absolute atomic E-state index is 13.6. The van der Waals surface area contributed by atoms with E-state index in [1.165, 1.54) is 11.1 Å². The standard InChI is InChI=1S/C28H31ClN4O3/c1-31(2)10-4-5-22-15-21(19-33-11-13-36-14-12-33)16-24-26(22)30-17-25(27(24)34)28(35)32(3)18-20-6-8-23(29)9-7-20/h6-9,15-17H,10-14,18-19H2,1-3H3,(H,30,34). The van der Waals surface area contributed by atoms with E-state index >= 15 is 0 Å². The van der Waals surface area contributed by atoms with Crippen molar-refractivity contribution in [3.63, 3.8) is 0 Å². The minimum Gasteiger partial charge on any atom is -0.379 e. The molecule has 1 aliphatic rings. The highest BCUT2D eigenvalue weighted by molar-refractivity contribution is 6.30. The van der Waals surface area contributed by atoms with Crippen molar-refractivity contribution in [1.82, 2.24) is 19.7 Å². The van der Waals surface area contributed by atoms with Gasteiger partial charge in [0.25, 0.3) is 5.91 Å². The molecular formula is C28H31ClN4O3. The van der Waals surface area contributed by atoms with Crippen molar-refractivity contribution in [1.29, 1.82) is 0 Å². The Morgan fingerprint density at radius 3 is 2.53 bits per heavy atom. The zero-order valence-electron chi connectivity index (χ0n) is 20.9. The van der Waals surface area contributed by atoms with Crippen molar-refractivity contribution < 1.29 is 9.53 Å². The van der Waals surface area contributed by atoms with E-state index in [4.69, 9.17) is 16.3 Å². The molecule has 0 saturated carbocycles. The number of carbonyl (C=O) groups is 1. The molecule has 0 aliphatic carbocycles. The Balaban J connectivity index is 1.69. The summed E-state index contributed by atoms with van der Waals surface area (Å²) in [6.45, 7) is 4.73. The van der Waals surface area contributed by atoms with Gasteiger partial charge in [-0.3, -0.25) is 19.4 Å². The second kappa shape index (κ2) is 11.7. The van der Waals surface area contributed by atoms with Gasteiger partial charge in [0.1, 0.15) is 5.56 Å². The third-order valence-corrected chi connectivity index (χ3v) is 6.34. The molecule has 3 aromatic rings. The number of carbonyl (C=O) groups excluding carboxylic acids is 1. The van der Waals surface area contributed by atoms with Crippen LogP contribution >= 0.6 is 11.6 Å². The first kappa shape index (κ1) is 25.9. The smallest absolute Gasteiger partial charge is 0.259 e. The summed E-state index contributed by atoms with van der Waals surface area (Å²) in [5.41, 5.74) is 3.13. The summed E-state index contributed by atoms with van der Waals surface area (Å²) < 4.78 is 5.47. The molecule has 2 aromatic carbocycles. The van der Waals surface area contributed by atoms with Crippen LogP contribution in [0, 0.1) is 11.8 Å². The highest BCUT2D eigenvalue weighted by atomic mass is 35.5. The van der Waals surface area contributed by atoms with E-state index in [0.29, 0.717) is 48.8 Å². The zero-order chi connectivity index (χ0) is 25.7. The number of nitrogens with zero attached hydrogens (tertiary/aromatic N) is 3. The number of aromatic amines is 1. The van der Waals surface area contributed by atoms with Crippen LogP contribution in [0.1, 0.15) is 27.0 Å². The zero-order valence-corrected chi connectivity index (χ0v) is 21.7. The molecule has 0 radical (unpaired) electrons. The molecule has 1 saturated heterocycles. The maximum Gasteiger partial charge on any atom is 0.259 e. The summed E-state index contributed by atoms with van der Waals surface area (Å²) in [6, 6.07) is 11.2. The first-order valence-corrected chi connectivity index (χ1v) is 12.3. The largest absolute Gasteiger partial charge is 0.379 e. The topological polar surface area (TPSA) is 68.9 Å². The lowest BCUT2D eigenvalue weighted by atomic mass is 10.0. The number of nitrogens with one attached hydrogen (secondary N) is 1. The lowest BCUT2D eigenvalue weighted by Crippen LogP contribution is -2.35. The molecule has 0 atom stereocenters. The Labute approximate surface area is 216 Å². The van der Waals surface area contributed by atoms with Gasteiger partial charge in [-0.25, -0.2) is 0 Å². The molecular weight excluding hydrogens is 476 g/mol. The number of pyridine rings is 1. The van der Waals surface area contributed by atoms with E-state index < -0.39 is 0 Å². The Hall–Kier alpha value is -3.15. The van der Waals surface area contributed by atoms with Crippen LogP contribution in [0.3, 0.4) is 0 Å². The summed E-state index contributed by atoms with van der Waals surface area (Å²) in [7, 11) is 5.61. The molecule has 8 heteroatoms. The van der Waals surface area contributed by atoms with Crippen LogP contribution in [0.25, 0.3) is 10.9 Å². The van der Waals surface area contributed by atoms with Gasteiger partial charge >= 0.3 is 0 Å². The quantitative estimate of drug-likeness (QED) is 0.520. The molecule has 4 rings (SSSR count). The molecule has 1 aliphatic heterocycles. The number of ether oxygens (including phenoxy) is 1. The van der Waals surface area contributed by atoms with E-state index in [1.807, 2.05) is 43.3 Å². The maximum atomic E-state index is 13.6. The number of morpholine rings is 1. The summed E-state index contributed by atoms with van der Waals surface area (Å²) in [6.07, 6.45) is 1.50. The predicted octanol–water partition coefficient (Wildman–Crippen LogP) is 3.20. The van der Waals surface area contributed by atoms with Crippen LogP contribution in [-0.4, -0.2) is 79.6 Å². The second-order valence-corrected chi connectivity index (χ2v) is 9.75. The molecule has 0 spiro atoms. The highest BCUT2D eigenvalue weighted by Crippen LogP contribution is 2.20. The van der Waals surface area contributed by atoms with Crippen molar-refractivity contribution in [2.24, 2.45) is 0 Å². The Kier molecular flexibility index (Phi) is 8.44. The van der Waals surface area contributed by atoms with Crippen LogP contribution in [0.15, 0.2) is 47.4 Å². The first-order valence-electron chi connectivity index (χ1n) is 11.9. The average Bonchev–Trinajstić information content (AvgIpc) is 2.86. The Bertz CT molecular complexity index is 1350. The Morgan fingerprint density at radius 2 is 1.83 bits per heavy atom. The van der Waals surface area contributed by atoms with Crippen molar-refractivity contribution in [2.75, 3.05) is 54.0 Å².